The topological polar surface area (TPSA) is 62.7 Å². The van der Waals surface area contributed by atoms with Gasteiger partial charge in [-0.2, -0.15) is 0 Å². The van der Waals surface area contributed by atoms with Crippen LogP contribution in [0, 0.1) is 6.92 Å². The predicted octanol–water partition coefficient (Wildman–Crippen LogP) is 2.79. The van der Waals surface area contributed by atoms with Gasteiger partial charge >= 0.3 is 0 Å². The first-order valence-corrected chi connectivity index (χ1v) is 6.99. The van der Waals surface area contributed by atoms with Crippen LogP contribution in [0.5, 0.6) is 0 Å². The molecule has 0 amide bonds. The van der Waals surface area contributed by atoms with E-state index in [1.165, 1.54) is 0 Å². The molecular weight excluding hydrogens is 250 g/mol. The molecule has 5 heteroatoms. The van der Waals surface area contributed by atoms with Gasteiger partial charge in [0.2, 0.25) is 0 Å². The number of pyridine rings is 1. The van der Waals surface area contributed by atoms with E-state index >= 15 is 0 Å². The van der Waals surface area contributed by atoms with E-state index in [0.717, 1.165) is 41.7 Å². The standard InChI is InChI=1S/C15H21N5/c1-4-13-19-14(16-5-2)11(3)15(20-13)18-10-12-8-6-7-9-17-12/h6-9H,4-5,10H2,1-3H3,(H2,16,18,19,20). The lowest BCUT2D eigenvalue weighted by atomic mass is 10.2. The van der Waals surface area contributed by atoms with Crippen LogP contribution < -0.4 is 10.6 Å². The third-order valence-electron chi connectivity index (χ3n) is 3.02. The Morgan fingerprint density at radius 1 is 1.05 bits per heavy atom. The van der Waals surface area contributed by atoms with Crippen LogP contribution in [0.4, 0.5) is 11.6 Å². The molecule has 5 nitrogen and oxygen atoms in total. The summed E-state index contributed by atoms with van der Waals surface area (Å²) in [6.45, 7) is 7.66. The summed E-state index contributed by atoms with van der Waals surface area (Å²) in [6, 6.07) is 5.89. The average Bonchev–Trinajstić information content (AvgIpc) is 2.49. The van der Waals surface area contributed by atoms with Gasteiger partial charge in [0.15, 0.2) is 0 Å². The van der Waals surface area contributed by atoms with Crippen molar-refractivity contribution < 1.29 is 0 Å². The second-order valence-electron chi connectivity index (χ2n) is 4.52. The molecule has 2 aromatic rings. The Morgan fingerprint density at radius 3 is 2.40 bits per heavy atom. The van der Waals surface area contributed by atoms with E-state index in [9.17, 15) is 0 Å². The van der Waals surface area contributed by atoms with Crippen molar-refractivity contribution in [1.82, 2.24) is 15.0 Å². The molecule has 0 aliphatic carbocycles. The van der Waals surface area contributed by atoms with Gasteiger partial charge in [0, 0.05) is 24.7 Å². The van der Waals surface area contributed by atoms with Crippen molar-refractivity contribution in [3.05, 3.63) is 41.5 Å². The molecule has 0 bridgehead atoms. The molecule has 2 aromatic heterocycles. The second-order valence-corrected chi connectivity index (χ2v) is 4.52. The number of anilines is 2. The van der Waals surface area contributed by atoms with Crippen LogP contribution in [0.2, 0.25) is 0 Å². The fourth-order valence-electron chi connectivity index (χ4n) is 1.91. The first-order chi connectivity index (χ1) is 9.74. The summed E-state index contributed by atoms with van der Waals surface area (Å²) in [7, 11) is 0. The number of hydrogen-bond donors (Lipinski definition) is 2. The van der Waals surface area contributed by atoms with E-state index in [-0.39, 0.29) is 0 Å². The summed E-state index contributed by atoms with van der Waals surface area (Å²) in [4.78, 5) is 13.4. The lowest BCUT2D eigenvalue weighted by Gasteiger charge is -2.14. The van der Waals surface area contributed by atoms with Gasteiger partial charge in [0.1, 0.15) is 17.5 Å². The smallest absolute Gasteiger partial charge is 0.135 e. The van der Waals surface area contributed by atoms with E-state index in [1.54, 1.807) is 6.20 Å². The molecule has 0 unspecified atom stereocenters. The number of aromatic nitrogens is 3. The van der Waals surface area contributed by atoms with E-state index in [1.807, 2.05) is 25.1 Å². The molecule has 0 fully saturated rings. The zero-order valence-electron chi connectivity index (χ0n) is 12.3. The molecule has 0 aliphatic rings. The summed E-state index contributed by atoms with van der Waals surface area (Å²) in [5.41, 5.74) is 2.04. The maximum absolute atomic E-state index is 4.56. The Hall–Kier alpha value is -2.17. The van der Waals surface area contributed by atoms with Gasteiger partial charge in [0.25, 0.3) is 0 Å². The summed E-state index contributed by atoms with van der Waals surface area (Å²) < 4.78 is 0. The van der Waals surface area contributed by atoms with Crippen LogP contribution in [-0.2, 0) is 13.0 Å². The third-order valence-corrected chi connectivity index (χ3v) is 3.02. The van der Waals surface area contributed by atoms with Crippen LogP contribution >= 0.6 is 0 Å². The maximum atomic E-state index is 4.56. The van der Waals surface area contributed by atoms with Gasteiger partial charge in [-0.15, -0.1) is 0 Å². The highest BCUT2D eigenvalue weighted by Crippen LogP contribution is 2.20. The molecule has 0 saturated heterocycles. The number of aryl methyl sites for hydroxylation is 1. The molecule has 0 aliphatic heterocycles. The summed E-state index contributed by atoms with van der Waals surface area (Å²) in [6.07, 6.45) is 2.61. The zero-order chi connectivity index (χ0) is 14.4. The molecule has 0 saturated carbocycles. The van der Waals surface area contributed by atoms with E-state index in [0.29, 0.717) is 6.54 Å². The zero-order valence-corrected chi connectivity index (χ0v) is 12.3. The monoisotopic (exact) mass is 271 g/mol. The highest BCUT2D eigenvalue weighted by Gasteiger charge is 2.09. The van der Waals surface area contributed by atoms with Crippen molar-refractivity contribution in [2.45, 2.75) is 33.7 Å². The molecule has 20 heavy (non-hydrogen) atoms. The number of nitrogens with zero attached hydrogens (tertiary/aromatic N) is 3. The van der Waals surface area contributed by atoms with Crippen molar-refractivity contribution in [1.29, 1.82) is 0 Å². The number of nitrogens with one attached hydrogen (secondary N) is 2. The average molecular weight is 271 g/mol. The predicted molar refractivity (Wildman–Crippen MR) is 81.9 cm³/mol. The maximum Gasteiger partial charge on any atom is 0.135 e. The first-order valence-electron chi connectivity index (χ1n) is 6.99. The Balaban J connectivity index is 2.19. The number of hydrogen-bond acceptors (Lipinski definition) is 5. The molecule has 0 radical (unpaired) electrons. The lowest BCUT2D eigenvalue weighted by Crippen LogP contribution is -2.11. The van der Waals surface area contributed by atoms with Crippen LogP contribution in [0.1, 0.15) is 30.9 Å². The molecular formula is C15H21N5. The summed E-state index contributed by atoms with van der Waals surface area (Å²) in [5, 5.41) is 6.63. The fourth-order valence-corrected chi connectivity index (χ4v) is 1.91. The highest BCUT2D eigenvalue weighted by atomic mass is 15.1. The van der Waals surface area contributed by atoms with E-state index in [4.69, 9.17) is 0 Å². The van der Waals surface area contributed by atoms with E-state index < -0.39 is 0 Å². The van der Waals surface area contributed by atoms with Crippen LogP contribution in [0.15, 0.2) is 24.4 Å². The van der Waals surface area contributed by atoms with Crippen molar-refractivity contribution >= 4 is 11.6 Å². The van der Waals surface area contributed by atoms with Crippen molar-refractivity contribution in [3.63, 3.8) is 0 Å². The summed E-state index contributed by atoms with van der Waals surface area (Å²) >= 11 is 0. The Kier molecular flexibility index (Phi) is 4.87. The number of rotatable bonds is 6. The first kappa shape index (κ1) is 14.2. The summed E-state index contributed by atoms with van der Waals surface area (Å²) in [5.74, 6) is 2.62. The fraction of sp³-hybridized carbons (Fsp3) is 0.400. The van der Waals surface area contributed by atoms with Gasteiger partial charge in [-0.05, 0) is 26.0 Å². The molecule has 0 spiro atoms. The Labute approximate surface area is 119 Å². The Bertz CT molecular complexity index is 554. The van der Waals surface area contributed by atoms with Crippen LogP contribution in [0.25, 0.3) is 0 Å². The third kappa shape index (κ3) is 3.44. The normalized spacial score (nSPS) is 10.3. The van der Waals surface area contributed by atoms with Gasteiger partial charge in [-0.25, -0.2) is 9.97 Å². The highest BCUT2D eigenvalue weighted by molar-refractivity contribution is 5.57. The van der Waals surface area contributed by atoms with Crippen molar-refractivity contribution in [2.24, 2.45) is 0 Å². The van der Waals surface area contributed by atoms with Crippen molar-refractivity contribution in [2.75, 3.05) is 17.2 Å². The Morgan fingerprint density at radius 2 is 1.80 bits per heavy atom. The lowest BCUT2D eigenvalue weighted by molar-refractivity contribution is 0.914. The molecule has 2 N–H and O–H groups in total. The molecule has 2 heterocycles. The van der Waals surface area contributed by atoms with Gasteiger partial charge in [-0.1, -0.05) is 13.0 Å². The van der Waals surface area contributed by atoms with Gasteiger partial charge < -0.3 is 10.6 Å². The SMILES string of the molecule is CCNc1nc(CC)nc(NCc2ccccn2)c1C. The van der Waals surface area contributed by atoms with Crippen LogP contribution in [0.3, 0.4) is 0 Å². The molecule has 2 rings (SSSR count). The van der Waals surface area contributed by atoms with Gasteiger partial charge in [-0.3, -0.25) is 4.98 Å². The molecule has 0 atom stereocenters. The largest absolute Gasteiger partial charge is 0.370 e. The minimum Gasteiger partial charge on any atom is -0.370 e. The van der Waals surface area contributed by atoms with E-state index in [2.05, 4.69) is 39.4 Å². The molecule has 106 valence electrons. The minimum atomic E-state index is 0.660. The van der Waals surface area contributed by atoms with Crippen molar-refractivity contribution in [3.8, 4) is 0 Å². The second kappa shape index (κ2) is 6.84. The minimum absolute atomic E-state index is 0.660. The molecule has 0 aromatic carbocycles. The van der Waals surface area contributed by atoms with Crippen LogP contribution in [-0.4, -0.2) is 21.5 Å². The van der Waals surface area contributed by atoms with Gasteiger partial charge in [0.05, 0.1) is 12.2 Å². The quantitative estimate of drug-likeness (QED) is 0.846.